The summed E-state index contributed by atoms with van der Waals surface area (Å²) in [5.41, 5.74) is 7.26. The van der Waals surface area contributed by atoms with Crippen LogP contribution in [0, 0.1) is 6.92 Å². The first-order valence-corrected chi connectivity index (χ1v) is 6.05. The van der Waals surface area contributed by atoms with Gasteiger partial charge < -0.3 is 10.8 Å². The molecule has 0 bridgehead atoms. The van der Waals surface area contributed by atoms with Gasteiger partial charge in [-0.3, -0.25) is 14.3 Å². The number of aliphatic carboxylic acids is 1. The second-order valence-electron chi connectivity index (χ2n) is 3.47. The summed E-state index contributed by atoms with van der Waals surface area (Å²) in [5.74, 6) is -0.813. The lowest BCUT2D eigenvalue weighted by Gasteiger charge is -2.09. The van der Waals surface area contributed by atoms with Gasteiger partial charge in [0.25, 0.3) is 0 Å². The van der Waals surface area contributed by atoms with Crippen molar-refractivity contribution >= 4 is 23.7 Å². The Hall–Kier alpha value is -2.09. The van der Waals surface area contributed by atoms with Gasteiger partial charge in [-0.2, -0.15) is 0 Å². The van der Waals surface area contributed by atoms with Crippen LogP contribution in [0.2, 0.25) is 0 Å². The Balaban J connectivity index is 2.41. The molecule has 0 atom stereocenters. The minimum Gasteiger partial charge on any atom is -0.481 e. The zero-order valence-corrected chi connectivity index (χ0v) is 10.4. The number of hydrogen-bond donors (Lipinski definition) is 2. The number of carboxylic acid groups (broad SMARTS) is 1. The van der Waals surface area contributed by atoms with Crippen LogP contribution in [0.3, 0.4) is 0 Å². The summed E-state index contributed by atoms with van der Waals surface area (Å²) >= 11 is 1.06. The van der Waals surface area contributed by atoms with Crippen LogP contribution in [0.4, 0.5) is 5.95 Å². The molecule has 0 aromatic carbocycles. The van der Waals surface area contributed by atoms with E-state index < -0.39 is 5.97 Å². The van der Waals surface area contributed by atoms with Gasteiger partial charge in [0.05, 0.1) is 17.1 Å². The molecule has 0 aliphatic rings. The van der Waals surface area contributed by atoms with Crippen molar-refractivity contribution in [1.82, 2.24) is 19.7 Å². The fraction of sp³-hybridized carbons (Fsp3) is 0.200. The number of nitrogen functional groups attached to an aromatic ring is 1. The van der Waals surface area contributed by atoms with Crippen LogP contribution >= 0.6 is 11.8 Å². The zero-order valence-electron chi connectivity index (χ0n) is 9.57. The first-order chi connectivity index (χ1) is 8.59. The normalized spacial score (nSPS) is 10.5. The van der Waals surface area contributed by atoms with Crippen LogP contribution < -0.4 is 5.73 Å². The number of anilines is 1. The zero-order chi connectivity index (χ0) is 13.1. The van der Waals surface area contributed by atoms with Crippen LogP contribution in [-0.2, 0) is 4.79 Å². The SMILES string of the molecule is Cc1ncccc1-n1c(N)nnc1SCC(=O)O. The number of thioether (sulfide) groups is 1. The minimum absolute atomic E-state index is 0.0998. The molecule has 18 heavy (non-hydrogen) atoms. The van der Waals surface area contributed by atoms with E-state index in [1.807, 2.05) is 13.0 Å². The first kappa shape index (κ1) is 12.4. The van der Waals surface area contributed by atoms with Gasteiger partial charge in [-0.05, 0) is 19.1 Å². The van der Waals surface area contributed by atoms with Crippen molar-refractivity contribution in [3.8, 4) is 5.69 Å². The summed E-state index contributed by atoms with van der Waals surface area (Å²) in [6.45, 7) is 1.83. The van der Waals surface area contributed by atoms with Gasteiger partial charge in [0.15, 0.2) is 5.16 Å². The number of nitrogens with two attached hydrogens (primary N) is 1. The first-order valence-electron chi connectivity index (χ1n) is 5.07. The van der Waals surface area contributed by atoms with Crippen molar-refractivity contribution in [3.05, 3.63) is 24.0 Å². The number of rotatable bonds is 4. The van der Waals surface area contributed by atoms with Crippen molar-refractivity contribution in [3.63, 3.8) is 0 Å². The van der Waals surface area contributed by atoms with Crippen LogP contribution in [0.5, 0.6) is 0 Å². The van der Waals surface area contributed by atoms with Crippen molar-refractivity contribution < 1.29 is 9.90 Å². The fourth-order valence-electron chi connectivity index (χ4n) is 1.44. The van der Waals surface area contributed by atoms with Crippen molar-refractivity contribution in [1.29, 1.82) is 0 Å². The molecule has 0 spiro atoms. The van der Waals surface area contributed by atoms with Gasteiger partial charge in [0, 0.05) is 6.20 Å². The molecule has 0 saturated carbocycles. The average Bonchev–Trinajstić information content (AvgIpc) is 2.69. The Bertz CT molecular complexity index is 583. The smallest absolute Gasteiger partial charge is 0.313 e. The quantitative estimate of drug-likeness (QED) is 0.784. The van der Waals surface area contributed by atoms with E-state index in [-0.39, 0.29) is 11.7 Å². The summed E-state index contributed by atoms with van der Waals surface area (Å²) in [7, 11) is 0. The Morgan fingerprint density at radius 3 is 3.00 bits per heavy atom. The number of carboxylic acids is 1. The Kier molecular flexibility index (Phi) is 3.47. The molecule has 3 N–H and O–H groups in total. The van der Waals surface area contributed by atoms with Gasteiger partial charge in [-0.1, -0.05) is 11.8 Å². The number of carbonyl (C=O) groups is 1. The second kappa shape index (κ2) is 5.05. The molecule has 2 aromatic heterocycles. The number of hydrogen-bond acceptors (Lipinski definition) is 6. The molecule has 7 nitrogen and oxygen atoms in total. The van der Waals surface area contributed by atoms with E-state index in [2.05, 4.69) is 15.2 Å². The molecule has 0 radical (unpaired) electrons. The van der Waals surface area contributed by atoms with E-state index in [0.717, 1.165) is 23.1 Å². The largest absolute Gasteiger partial charge is 0.481 e. The van der Waals surface area contributed by atoms with Gasteiger partial charge in [0.2, 0.25) is 5.95 Å². The number of aryl methyl sites for hydroxylation is 1. The number of nitrogens with zero attached hydrogens (tertiary/aromatic N) is 4. The van der Waals surface area contributed by atoms with E-state index in [0.29, 0.717) is 5.16 Å². The highest BCUT2D eigenvalue weighted by Gasteiger charge is 2.15. The third-order valence-corrected chi connectivity index (χ3v) is 3.12. The second-order valence-corrected chi connectivity index (χ2v) is 4.41. The molecule has 2 heterocycles. The molecular formula is C10H11N5O2S. The lowest BCUT2D eigenvalue weighted by atomic mass is 10.3. The van der Waals surface area contributed by atoms with E-state index in [1.165, 1.54) is 0 Å². The summed E-state index contributed by atoms with van der Waals surface area (Å²) in [5, 5.41) is 16.7. The number of pyridine rings is 1. The predicted molar refractivity (Wildman–Crippen MR) is 66.7 cm³/mol. The lowest BCUT2D eigenvalue weighted by molar-refractivity contribution is -0.133. The van der Waals surface area contributed by atoms with Crippen LogP contribution in [-0.4, -0.2) is 36.6 Å². The highest BCUT2D eigenvalue weighted by atomic mass is 32.2. The summed E-state index contributed by atoms with van der Waals surface area (Å²) in [6.07, 6.45) is 1.67. The van der Waals surface area contributed by atoms with Gasteiger partial charge in [0.1, 0.15) is 0 Å². The maximum Gasteiger partial charge on any atom is 0.313 e. The van der Waals surface area contributed by atoms with Crippen molar-refractivity contribution in [2.45, 2.75) is 12.1 Å². The van der Waals surface area contributed by atoms with Crippen molar-refractivity contribution in [2.24, 2.45) is 0 Å². The maximum atomic E-state index is 10.6. The van der Waals surface area contributed by atoms with Gasteiger partial charge in [-0.15, -0.1) is 10.2 Å². The molecular weight excluding hydrogens is 254 g/mol. The van der Waals surface area contributed by atoms with Crippen LogP contribution in [0.15, 0.2) is 23.5 Å². The van der Waals surface area contributed by atoms with E-state index in [4.69, 9.17) is 10.8 Å². The van der Waals surface area contributed by atoms with E-state index >= 15 is 0 Å². The molecule has 2 aromatic rings. The highest BCUT2D eigenvalue weighted by Crippen LogP contribution is 2.23. The molecule has 0 saturated heterocycles. The van der Waals surface area contributed by atoms with E-state index in [1.54, 1.807) is 16.8 Å². The highest BCUT2D eigenvalue weighted by molar-refractivity contribution is 7.99. The maximum absolute atomic E-state index is 10.6. The van der Waals surface area contributed by atoms with Crippen LogP contribution in [0.25, 0.3) is 5.69 Å². The topological polar surface area (TPSA) is 107 Å². The standard InChI is InChI=1S/C10H11N5O2S/c1-6-7(3-2-4-12-6)15-9(11)13-14-10(15)18-5-8(16)17/h2-4H,5H2,1H3,(H2,11,13)(H,16,17). The predicted octanol–water partition coefficient (Wildman–Crippen LogP) is 0.730. The molecule has 0 aliphatic carbocycles. The lowest BCUT2D eigenvalue weighted by Crippen LogP contribution is -2.06. The molecule has 2 rings (SSSR count). The Labute approximate surface area is 107 Å². The molecule has 0 unspecified atom stereocenters. The fourth-order valence-corrected chi connectivity index (χ4v) is 2.11. The van der Waals surface area contributed by atoms with Crippen molar-refractivity contribution in [2.75, 3.05) is 11.5 Å². The molecule has 0 amide bonds. The molecule has 8 heteroatoms. The third kappa shape index (κ3) is 2.43. The van der Waals surface area contributed by atoms with E-state index in [9.17, 15) is 4.79 Å². The number of aromatic nitrogens is 4. The van der Waals surface area contributed by atoms with Gasteiger partial charge >= 0.3 is 5.97 Å². The monoisotopic (exact) mass is 265 g/mol. The third-order valence-electron chi connectivity index (χ3n) is 2.20. The van der Waals surface area contributed by atoms with Crippen LogP contribution in [0.1, 0.15) is 5.69 Å². The molecule has 94 valence electrons. The van der Waals surface area contributed by atoms with Gasteiger partial charge in [-0.25, -0.2) is 0 Å². The minimum atomic E-state index is -0.920. The summed E-state index contributed by atoms with van der Waals surface area (Å²) < 4.78 is 1.59. The summed E-state index contributed by atoms with van der Waals surface area (Å²) in [4.78, 5) is 14.7. The molecule has 0 aliphatic heterocycles. The Morgan fingerprint density at radius 1 is 1.56 bits per heavy atom. The molecule has 0 fully saturated rings. The Morgan fingerprint density at radius 2 is 2.33 bits per heavy atom. The summed E-state index contributed by atoms with van der Waals surface area (Å²) in [6, 6.07) is 3.60. The average molecular weight is 265 g/mol.